The van der Waals surface area contributed by atoms with Crippen LogP contribution in [-0.4, -0.2) is 28.9 Å². The summed E-state index contributed by atoms with van der Waals surface area (Å²) in [6, 6.07) is 9.29. The van der Waals surface area contributed by atoms with Gasteiger partial charge in [-0.05, 0) is 61.2 Å². The fourth-order valence-electron chi connectivity index (χ4n) is 2.56. The molecule has 0 N–H and O–H groups in total. The Bertz CT molecular complexity index is 705. The van der Waals surface area contributed by atoms with E-state index in [0.29, 0.717) is 11.6 Å². The molecular formula is C19H19FN2O2. The SMILES string of the molecule is O=C(/C=C/c1ccc(Oc2ccc(F)cc2)nc1)N1CCCCC1. The lowest BCUT2D eigenvalue weighted by atomic mass is 10.1. The van der Waals surface area contributed by atoms with Gasteiger partial charge in [-0.2, -0.15) is 0 Å². The minimum atomic E-state index is -0.311. The van der Waals surface area contributed by atoms with E-state index in [1.54, 1.807) is 36.5 Å². The maximum absolute atomic E-state index is 12.9. The smallest absolute Gasteiger partial charge is 0.246 e. The number of carbonyl (C=O) groups excluding carboxylic acids is 1. The molecule has 1 amide bonds. The zero-order valence-electron chi connectivity index (χ0n) is 13.3. The molecule has 24 heavy (non-hydrogen) atoms. The molecule has 0 aliphatic carbocycles. The second-order valence-corrected chi connectivity index (χ2v) is 5.71. The summed E-state index contributed by atoms with van der Waals surface area (Å²) in [5.74, 6) is 0.670. The Morgan fingerprint density at radius 1 is 1.08 bits per heavy atom. The molecule has 1 aliphatic rings. The van der Waals surface area contributed by atoms with Crippen LogP contribution in [0.4, 0.5) is 4.39 Å². The highest BCUT2D eigenvalue weighted by Gasteiger charge is 2.13. The fraction of sp³-hybridized carbons (Fsp3) is 0.263. The number of carbonyl (C=O) groups is 1. The van der Waals surface area contributed by atoms with Gasteiger partial charge in [-0.1, -0.05) is 0 Å². The largest absolute Gasteiger partial charge is 0.439 e. The van der Waals surface area contributed by atoms with Crippen molar-refractivity contribution in [2.45, 2.75) is 19.3 Å². The average Bonchev–Trinajstić information content (AvgIpc) is 2.63. The number of likely N-dealkylation sites (tertiary alicyclic amines) is 1. The van der Waals surface area contributed by atoms with Crippen molar-refractivity contribution in [3.05, 3.63) is 60.1 Å². The number of hydrogen-bond donors (Lipinski definition) is 0. The van der Waals surface area contributed by atoms with Gasteiger partial charge in [0.25, 0.3) is 0 Å². The third-order valence-electron chi connectivity index (χ3n) is 3.88. The van der Waals surface area contributed by atoms with E-state index in [1.807, 2.05) is 11.0 Å². The Balaban J connectivity index is 1.58. The number of rotatable bonds is 4. The number of aromatic nitrogens is 1. The number of halogens is 1. The van der Waals surface area contributed by atoms with Crippen LogP contribution in [0.1, 0.15) is 24.8 Å². The highest BCUT2D eigenvalue weighted by molar-refractivity contribution is 5.91. The number of hydrogen-bond acceptors (Lipinski definition) is 3. The first-order valence-corrected chi connectivity index (χ1v) is 8.07. The molecule has 1 aromatic heterocycles. The lowest BCUT2D eigenvalue weighted by molar-refractivity contribution is -0.126. The Hall–Kier alpha value is -2.69. The van der Waals surface area contributed by atoms with Gasteiger partial charge in [0.05, 0.1) is 0 Å². The lowest BCUT2D eigenvalue weighted by Gasteiger charge is -2.25. The molecule has 4 nitrogen and oxygen atoms in total. The van der Waals surface area contributed by atoms with Crippen molar-refractivity contribution in [2.24, 2.45) is 0 Å². The van der Waals surface area contributed by atoms with Gasteiger partial charge in [-0.15, -0.1) is 0 Å². The van der Waals surface area contributed by atoms with E-state index in [4.69, 9.17) is 4.74 Å². The molecule has 1 aromatic carbocycles. The molecular weight excluding hydrogens is 307 g/mol. The van der Waals surface area contributed by atoms with Crippen molar-refractivity contribution in [2.75, 3.05) is 13.1 Å². The average molecular weight is 326 g/mol. The van der Waals surface area contributed by atoms with Crippen LogP contribution < -0.4 is 4.74 Å². The van der Waals surface area contributed by atoms with Crippen LogP contribution >= 0.6 is 0 Å². The Morgan fingerprint density at radius 3 is 2.50 bits per heavy atom. The summed E-state index contributed by atoms with van der Waals surface area (Å²) < 4.78 is 18.4. The van der Waals surface area contributed by atoms with Crippen LogP contribution in [0, 0.1) is 5.82 Å². The molecule has 0 radical (unpaired) electrons. The highest BCUT2D eigenvalue weighted by atomic mass is 19.1. The molecule has 2 aromatic rings. The molecule has 5 heteroatoms. The third-order valence-corrected chi connectivity index (χ3v) is 3.88. The van der Waals surface area contributed by atoms with Gasteiger partial charge in [0.2, 0.25) is 11.8 Å². The van der Waals surface area contributed by atoms with Gasteiger partial charge in [0.15, 0.2) is 0 Å². The van der Waals surface area contributed by atoms with Gasteiger partial charge >= 0.3 is 0 Å². The first kappa shape index (κ1) is 16.2. The van der Waals surface area contributed by atoms with E-state index in [1.165, 1.54) is 18.6 Å². The standard InChI is InChI=1S/C19H19FN2O2/c20-16-6-8-17(9-7-16)24-18-10-4-15(14-21-18)5-11-19(23)22-12-2-1-3-13-22/h4-11,14H,1-3,12-13H2/b11-5+. The minimum absolute atomic E-state index is 0.0429. The van der Waals surface area contributed by atoms with E-state index in [9.17, 15) is 9.18 Å². The number of benzene rings is 1. The maximum atomic E-state index is 12.9. The molecule has 124 valence electrons. The van der Waals surface area contributed by atoms with Gasteiger partial charge in [0.1, 0.15) is 11.6 Å². The maximum Gasteiger partial charge on any atom is 0.246 e. The molecule has 0 unspecified atom stereocenters. The molecule has 1 saturated heterocycles. The summed E-state index contributed by atoms with van der Waals surface area (Å²) in [6.07, 6.45) is 8.34. The van der Waals surface area contributed by atoms with E-state index in [2.05, 4.69) is 4.98 Å². The Morgan fingerprint density at radius 2 is 1.83 bits per heavy atom. The van der Waals surface area contributed by atoms with E-state index >= 15 is 0 Å². The normalized spacial score (nSPS) is 14.8. The van der Waals surface area contributed by atoms with Crippen LogP contribution in [0.5, 0.6) is 11.6 Å². The first-order valence-electron chi connectivity index (χ1n) is 8.07. The van der Waals surface area contributed by atoms with Crippen molar-refractivity contribution >= 4 is 12.0 Å². The van der Waals surface area contributed by atoms with Crippen LogP contribution in [0.25, 0.3) is 6.08 Å². The highest BCUT2D eigenvalue weighted by Crippen LogP contribution is 2.20. The molecule has 0 atom stereocenters. The lowest BCUT2D eigenvalue weighted by Crippen LogP contribution is -2.34. The second-order valence-electron chi connectivity index (χ2n) is 5.71. The van der Waals surface area contributed by atoms with Crippen LogP contribution in [0.15, 0.2) is 48.7 Å². The fourth-order valence-corrected chi connectivity index (χ4v) is 2.56. The number of pyridine rings is 1. The Kier molecular flexibility index (Phi) is 5.21. The van der Waals surface area contributed by atoms with Gasteiger partial charge in [-0.25, -0.2) is 9.37 Å². The molecule has 1 aliphatic heterocycles. The predicted octanol–water partition coefficient (Wildman–Crippen LogP) is 4.04. The van der Waals surface area contributed by atoms with Crippen molar-refractivity contribution in [1.82, 2.24) is 9.88 Å². The van der Waals surface area contributed by atoms with Crippen molar-refractivity contribution in [1.29, 1.82) is 0 Å². The zero-order valence-corrected chi connectivity index (χ0v) is 13.3. The topological polar surface area (TPSA) is 42.4 Å². The summed E-state index contributed by atoms with van der Waals surface area (Å²) in [5, 5.41) is 0. The van der Waals surface area contributed by atoms with Gasteiger partial charge in [-0.3, -0.25) is 4.79 Å². The number of amides is 1. The summed E-state index contributed by atoms with van der Waals surface area (Å²) >= 11 is 0. The molecule has 2 heterocycles. The molecule has 0 saturated carbocycles. The number of nitrogens with zero attached hydrogens (tertiary/aromatic N) is 2. The molecule has 0 spiro atoms. The zero-order chi connectivity index (χ0) is 16.8. The van der Waals surface area contributed by atoms with Crippen LogP contribution in [-0.2, 0) is 4.79 Å². The van der Waals surface area contributed by atoms with Gasteiger partial charge in [0, 0.05) is 31.4 Å². The number of piperidine rings is 1. The van der Waals surface area contributed by atoms with E-state index < -0.39 is 0 Å². The Labute approximate surface area is 140 Å². The van der Waals surface area contributed by atoms with Crippen LogP contribution in [0.3, 0.4) is 0 Å². The van der Waals surface area contributed by atoms with E-state index in [-0.39, 0.29) is 11.7 Å². The predicted molar refractivity (Wildman–Crippen MR) is 90.2 cm³/mol. The van der Waals surface area contributed by atoms with Gasteiger partial charge < -0.3 is 9.64 Å². The molecule has 3 rings (SSSR count). The first-order chi connectivity index (χ1) is 11.7. The second kappa shape index (κ2) is 7.73. The molecule has 0 bridgehead atoms. The quantitative estimate of drug-likeness (QED) is 0.796. The number of ether oxygens (including phenoxy) is 1. The monoisotopic (exact) mass is 326 g/mol. The third kappa shape index (κ3) is 4.41. The van der Waals surface area contributed by atoms with Crippen molar-refractivity contribution in [3.63, 3.8) is 0 Å². The summed E-state index contributed by atoms with van der Waals surface area (Å²) in [5.41, 5.74) is 0.826. The van der Waals surface area contributed by atoms with Crippen molar-refractivity contribution < 1.29 is 13.9 Å². The van der Waals surface area contributed by atoms with Crippen molar-refractivity contribution in [3.8, 4) is 11.6 Å². The minimum Gasteiger partial charge on any atom is -0.439 e. The summed E-state index contributed by atoms with van der Waals surface area (Å²) in [7, 11) is 0. The molecule has 1 fully saturated rings. The summed E-state index contributed by atoms with van der Waals surface area (Å²) in [6.45, 7) is 1.68. The van der Waals surface area contributed by atoms with Crippen LogP contribution in [0.2, 0.25) is 0 Å². The summed E-state index contributed by atoms with van der Waals surface area (Å²) in [4.78, 5) is 18.1. The van der Waals surface area contributed by atoms with E-state index in [0.717, 1.165) is 31.5 Å².